The van der Waals surface area contributed by atoms with Gasteiger partial charge in [0.05, 0.1) is 16.5 Å². The summed E-state index contributed by atoms with van der Waals surface area (Å²) in [5.74, 6) is -3.22. The minimum atomic E-state index is -2.92. The highest BCUT2D eigenvalue weighted by Crippen LogP contribution is 2.64. The molecule has 3 aromatic rings. The second-order valence-corrected chi connectivity index (χ2v) is 10.3. The summed E-state index contributed by atoms with van der Waals surface area (Å²) >= 11 is 13.3. The quantitative estimate of drug-likeness (QED) is 0.346. The molecule has 3 unspecified atom stereocenters. The van der Waals surface area contributed by atoms with Crippen LogP contribution < -0.4 is 5.32 Å². The van der Waals surface area contributed by atoms with Gasteiger partial charge < -0.3 is 5.32 Å². The number of rotatable bonds is 6. The Labute approximate surface area is 208 Å². The number of allylic oxidation sites excluding steroid dienone is 1. The van der Waals surface area contributed by atoms with Gasteiger partial charge in [-0.1, -0.05) is 48.5 Å². The largest absolute Gasteiger partial charge is 0.359 e. The van der Waals surface area contributed by atoms with E-state index in [0.29, 0.717) is 16.3 Å². The summed E-state index contributed by atoms with van der Waals surface area (Å²) in [4.78, 5) is -0.647. The number of nitrogens with zero attached hydrogens (tertiary/aromatic N) is 1. The zero-order valence-corrected chi connectivity index (χ0v) is 20.6. The first-order valence-corrected chi connectivity index (χ1v) is 11.6. The third-order valence-electron chi connectivity index (χ3n) is 6.43. The van der Waals surface area contributed by atoms with Gasteiger partial charge in [0.25, 0.3) is 5.92 Å². The molecule has 0 amide bonds. The van der Waals surface area contributed by atoms with E-state index in [1.165, 1.54) is 12.1 Å². The van der Waals surface area contributed by atoms with E-state index in [-0.39, 0.29) is 17.4 Å². The van der Waals surface area contributed by atoms with Crippen molar-refractivity contribution in [3.05, 3.63) is 100 Å². The topological polar surface area (TPSA) is 35.8 Å². The molecule has 0 saturated heterocycles. The maximum Gasteiger partial charge on any atom is 0.270 e. The molecule has 1 fully saturated rings. The lowest BCUT2D eigenvalue weighted by Crippen LogP contribution is -2.07. The van der Waals surface area contributed by atoms with Gasteiger partial charge in [-0.3, -0.25) is 0 Å². The Morgan fingerprint density at radius 1 is 1.12 bits per heavy atom. The number of anilines is 1. The first kappa shape index (κ1) is 24.3. The molecule has 0 spiro atoms. The lowest BCUT2D eigenvalue weighted by molar-refractivity contribution is 0.0174. The van der Waals surface area contributed by atoms with Crippen molar-refractivity contribution in [2.24, 2.45) is 5.92 Å². The van der Waals surface area contributed by atoms with Crippen molar-refractivity contribution in [2.45, 2.75) is 37.5 Å². The van der Waals surface area contributed by atoms with Crippen LogP contribution in [-0.2, 0) is 5.92 Å². The monoisotopic (exact) mass is 496 g/mol. The van der Waals surface area contributed by atoms with Crippen LogP contribution in [0, 0.1) is 24.2 Å². The predicted molar refractivity (Wildman–Crippen MR) is 136 cm³/mol. The van der Waals surface area contributed by atoms with Gasteiger partial charge in [-0.2, -0.15) is 5.26 Å². The molecule has 6 heteroatoms. The lowest BCUT2D eigenvalue weighted by Gasteiger charge is -2.14. The average molecular weight is 497 g/mol. The minimum absolute atomic E-state index is 0.0320. The molecule has 3 aromatic carbocycles. The van der Waals surface area contributed by atoms with Crippen LogP contribution in [0.5, 0.6) is 0 Å². The van der Waals surface area contributed by atoms with Gasteiger partial charge in [-0.15, -0.1) is 11.6 Å². The van der Waals surface area contributed by atoms with Crippen molar-refractivity contribution < 1.29 is 8.78 Å². The summed E-state index contributed by atoms with van der Waals surface area (Å²) < 4.78 is 27.7. The van der Waals surface area contributed by atoms with Crippen LogP contribution in [0.3, 0.4) is 0 Å². The summed E-state index contributed by atoms with van der Waals surface area (Å²) in [5, 5.41) is 13.4. The van der Waals surface area contributed by atoms with Crippen molar-refractivity contribution in [1.82, 2.24) is 0 Å². The molecule has 0 aromatic heterocycles. The number of nitriles is 1. The third kappa shape index (κ3) is 4.56. The Kier molecular flexibility index (Phi) is 6.23. The maximum absolute atomic E-state index is 13.8. The van der Waals surface area contributed by atoms with Crippen molar-refractivity contribution in [1.29, 1.82) is 5.26 Å². The normalized spacial score (nSPS) is 21.6. The van der Waals surface area contributed by atoms with Gasteiger partial charge in [-0.25, -0.2) is 8.78 Å². The molecule has 0 radical (unpaired) electrons. The Balaban J connectivity index is 1.60. The van der Waals surface area contributed by atoms with Crippen molar-refractivity contribution in [3.63, 3.8) is 0 Å². The Morgan fingerprint density at radius 2 is 1.85 bits per heavy atom. The standard InChI is InChI=1S/C28H24Cl2F2N2/c1-16-8-10-22(19(12-16)15-33)23-14-21(9-11-24(23)29)34-17(2)25-26(27(25,3)30)18-6-5-7-20(13-18)28(4,31)32/h5-14,25-26,34H,2H2,1,3-4H3. The van der Waals surface area contributed by atoms with Crippen LogP contribution >= 0.6 is 23.2 Å². The summed E-state index contributed by atoms with van der Waals surface area (Å²) in [5.41, 5.74) is 5.18. The van der Waals surface area contributed by atoms with Crippen molar-refractivity contribution >= 4 is 28.9 Å². The fourth-order valence-electron chi connectivity index (χ4n) is 4.61. The molecule has 2 nitrogen and oxygen atoms in total. The summed E-state index contributed by atoms with van der Waals surface area (Å²) in [6.07, 6.45) is 0. The molecule has 1 aliphatic rings. The van der Waals surface area contributed by atoms with E-state index >= 15 is 0 Å². The van der Waals surface area contributed by atoms with Crippen molar-refractivity contribution in [2.75, 3.05) is 5.32 Å². The molecular formula is C28H24Cl2F2N2. The second-order valence-electron chi connectivity index (χ2n) is 9.13. The van der Waals surface area contributed by atoms with Crippen LogP contribution in [0.1, 0.15) is 42.0 Å². The number of halogens is 4. The van der Waals surface area contributed by atoms with Gasteiger partial charge >= 0.3 is 0 Å². The van der Waals surface area contributed by atoms with E-state index in [9.17, 15) is 14.0 Å². The van der Waals surface area contributed by atoms with E-state index in [2.05, 4.69) is 18.0 Å². The molecule has 0 bridgehead atoms. The minimum Gasteiger partial charge on any atom is -0.359 e. The number of nitrogens with one attached hydrogen (secondary N) is 1. The average Bonchev–Trinajstić information content (AvgIpc) is 3.36. The maximum atomic E-state index is 13.8. The van der Waals surface area contributed by atoms with E-state index in [1.54, 1.807) is 12.1 Å². The molecule has 4 rings (SSSR count). The number of alkyl halides is 3. The van der Waals surface area contributed by atoms with Crippen LogP contribution in [0.2, 0.25) is 5.02 Å². The molecule has 1 aliphatic carbocycles. The molecule has 0 heterocycles. The van der Waals surface area contributed by atoms with E-state index in [0.717, 1.165) is 34.9 Å². The zero-order valence-electron chi connectivity index (χ0n) is 19.1. The van der Waals surface area contributed by atoms with Crippen LogP contribution in [-0.4, -0.2) is 4.87 Å². The molecule has 1 N–H and O–H groups in total. The van der Waals surface area contributed by atoms with Crippen molar-refractivity contribution in [3.8, 4) is 17.2 Å². The Bertz CT molecular complexity index is 1320. The summed E-state index contributed by atoms with van der Waals surface area (Å²) in [7, 11) is 0. The highest BCUT2D eigenvalue weighted by Gasteiger charge is 2.62. The molecular weight excluding hydrogens is 473 g/mol. The highest BCUT2D eigenvalue weighted by molar-refractivity contribution is 6.33. The summed E-state index contributed by atoms with van der Waals surface area (Å²) in [6, 6.07) is 19.8. The fourth-order valence-corrected chi connectivity index (χ4v) is 5.27. The smallest absolute Gasteiger partial charge is 0.270 e. The first-order chi connectivity index (χ1) is 15.9. The SMILES string of the molecule is C=C(Nc1ccc(Cl)c(-c2ccc(C)cc2C#N)c1)C1C(c2cccc(C(C)(F)F)c2)C1(C)Cl. The zero-order chi connectivity index (χ0) is 24.8. The number of hydrogen-bond acceptors (Lipinski definition) is 2. The number of hydrogen-bond donors (Lipinski definition) is 1. The first-order valence-electron chi connectivity index (χ1n) is 10.9. The van der Waals surface area contributed by atoms with Gasteiger partial charge in [-0.05, 0) is 55.3 Å². The predicted octanol–water partition coefficient (Wildman–Crippen LogP) is 8.64. The molecule has 1 saturated carbocycles. The molecule has 174 valence electrons. The van der Waals surface area contributed by atoms with Crippen LogP contribution in [0.15, 0.2) is 72.9 Å². The second kappa shape index (κ2) is 8.73. The molecule has 3 atom stereocenters. The Hall–Kier alpha value is -2.87. The van der Waals surface area contributed by atoms with Gasteiger partial charge in [0.1, 0.15) is 0 Å². The lowest BCUT2D eigenvalue weighted by atomic mass is 9.98. The summed E-state index contributed by atoms with van der Waals surface area (Å²) in [6.45, 7) is 8.91. The molecule has 34 heavy (non-hydrogen) atoms. The number of aryl methyl sites for hydroxylation is 1. The van der Waals surface area contributed by atoms with Gasteiger partial charge in [0, 0.05) is 51.9 Å². The third-order valence-corrected chi connectivity index (χ3v) is 7.23. The fraction of sp³-hybridized carbons (Fsp3) is 0.250. The van der Waals surface area contributed by atoms with Crippen LogP contribution in [0.25, 0.3) is 11.1 Å². The Morgan fingerprint density at radius 3 is 2.53 bits per heavy atom. The van der Waals surface area contributed by atoms with Gasteiger partial charge in [0.15, 0.2) is 0 Å². The van der Waals surface area contributed by atoms with E-state index in [1.807, 2.05) is 50.2 Å². The highest BCUT2D eigenvalue weighted by atomic mass is 35.5. The molecule has 0 aliphatic heterocycles. The van der Waals surface area contributed by atoms with Crippen LogP contribution in [0.4, 0.5) is 14.5 Å². The van der Waals surface area contributed by atoms with E-state index in [4.69, 9.17) is 23.2 Å². The van der Waals surface area contributed by atoms with E-state index < -0.39 is 10.8 Å². The van der Waals surface area contributed by atoms with Gasteiger partial charge in [0.2, 0.25) is 0 Å². The number of benzene rings is 3.